The molecule has 1 saturated carbocycles. The SMILES string of the molecule is CCCC1(CCCC(C)(C)C)N=C(c2cccc(C3CC3)c2)C(=O)N1C(C)c1ccc(C(=O)OC)cc1.CN. The molecule has 1 aliphatic heterocycles. The first-order valence-electron chi connectivity index (χ1n) is 14.4. The number of benzene rings is 2. The fourth-order valence-electron chi connectivity index (χ4n) is 5.64. The van der Waals surface area contributed by atoms with E-state index in [-0.39, 0.29) is 23.3 Å². The smallest absolute Gasteiger partial charge is 0.337 e. The Hall–Kier alpha value is -2.99. The third-order valence-electron chi connectivity index (χ3n) is 7.75. The second-order valence-corrected chi connectivity index (χ2v) is 12.0. The van der Waals surface area contributed by atoms with E-state index in [0.29, 0.717) is 17.2 Å². The lowest BCUT2D eigenvalue weighted by Crippen LogP contribution is -2.48. The van der Waals surface area contributed by atoms with Crippen LogP contribution in [0.4, 0.5) is 0 Å². The van der Waals surface area contributed by atoms with Crippen LogP contribution in [-0.4, -0.2) is 42.3 Å². The molecule has 0 spiro atoms. The van der Waals surface area contributed by atoms with Crippen LogP contribution in [0.15, 0.2) is 53.5 Å². The molecule has 2 unspecified atom stereocenters. The van der Waals surface area contributed by atoms with Crippen molar-refractivity contribution < 1.29 is 14.3 Å². The van der Waals surface area contributed by atoms with Crippen LogP contribution in [0.3, 0.4) is 0 Å². The average Bonchev–Trinajstić information content (AvgIpc) is 3.74. The molecule has 0 saturated heterocycles. The van der Waals surface area contributed by atoms with Crippen molar-refractivity contribution in [2.24, 2.45) is 16.1 Å². The predicted molar refractivity (Wildman–Crippen MR) is 159 cm³/mol. The molecule has 6 heteroatoms. The number of carbonyl (C=O) groups is 2. The van der Waals surface area contributed by atoms with Gasteiger partial charge in [-0.15, -0.1) is 0 Å². The van der Waals surface area contributed by atoms with Crippen LogP contribution >= 0.6 is 0 Å². The maximum Gasteiger partial charge on any atom is 0.337 e. The van der Waals surface area contributed by atoms with E-state index < -0.39 is 5.66 Å². The second-order valence-electron chi connectivity index (χ2n) is 12.0. The summed E-state index contributed by atoms with van der Waals surface area (Å²) < 4.78 is 4.86. The van der Waals surface area contributed by atoms with Gasteiger partial charge in [-0.2, -0.15) is 0 Å². The number of ether oxygens (including phenoxy) is 1. The molecule has 1 heterocycles. The first-order chi connectivity index (χ1) is 18.6. The van der Waals surface area contributed by atoms with Gasteiger partial charge in [-0.05, 0) is 93.2 Å². The Labute approximate surface area is 235 Å². The highest BCUT2D eigenvalue weighted by molar-refractivity contribution is 6.46. The third kappa shape index (κ3) is 7.16. The van der Waals surface area contributed by atoms with E-state index in [0.717, 1.165) is 43.2 Å². The molecule has 0 bridgehead atoms. The zero-order valence-corrected chi connectivity index (χ0v) is 24.9. The van der Waals surface area contributed by atoms with Gasteiger partial charge in [0.2, 0.25) is 0 Å². The zero-order valence-electron chi connectivity index (χ0n) is 24.9. The molecule has 0 radical (unpaired) electrons. The molecule has 2 aromatic rings. The highest BCUT2D eigenvalue weighted by Crippen LogP contribution is 2.44. The van der Waals surface area contributed by atoms with E-state index in [1.165, 1.54) is 32.6 Å². The first kappa shape index (κ1) is 30.6. The van der Waals surface area contributed by atoms with Gasteiger partial charge in [0.1, 0.15) is 11.4 Å². The average molecular weight is 534 g/mol. The third-order valence-corrected chi connectivity index (χ3v) is 7.75. The van der Waals surface area contributed by atoms with Crippen molar-refractivity contribution in [3.8, 4) is 0 Å². The van der Waals surface area contributed by atoms with Crippen molar-refractivity contribution >= 4 is 17.6 Å². The zero-order chi connectivity index (χ0) is 28.8. The van der Waals surface area contributed by atoms with Gasteiger partial charge in [0, 0.05) is 5.56 Å². The summed E-state index contributed by atoms with van der Waals surface area (Å²) in [6.45, 7) is 11.0. The normalized spacial score (nSPS) is 19.7. The summed E-state index contributed by atoms with van der Waals surface area (Å²) >= 11 is 0. The monoisotopic (exact) mass is 533 g/mol. The van der Waals surface area contributed by atoms with Crippen LogP contribution < -0.4 is 5.73 Å². The van der Waals surface area contributed by atoms with Crippen molar-refractivity contribution in [1.29, 1.82) is 0 Å². The van der Waals surface area contributed by atoms with Gasteiger partial charge in [-0.25, -0.2) is 4.79 Å². The summed E-state index contributed by atoms with van der Waals surface area (Å²) in [5.74, 6) is 0.259. The van der Waals surface area contributed by atoms with Crippen LogP contribution in [0.5, 0.6) is 0 Å². The Morgan fingerprint density at radius 2 is 1.79 bits per heavy atom. The lowest BCUT2D eigenvalue weighted by Gasteiger charge is -2.41. The van der Waals surface area contributed by atoms with E-state index in [4.69, 9.17) is 9.73 Å². The molecule has 4 rings (SSSR count). The number of aliphatic imine (C=N–C) groups is 1. The van der Waals surface area contributed by atoms with Crippen molar-refractivity contribution in [2.45, 2.75) is 97.2 Å². The predicted octanol–water partition coefficient (Wildman–Crippen LogP) is 7.03. The van der Waals surface area contributed by atoms with Gasteiger partial charge < -0.3 is 15.4 Å². The highest BCUT2D eigenvalue weighted by atomic mass is 16.5. The number of methoxy groups -OCH3 is 1. The van der Waals surface area contributed by atoms with Crippen LogP contribution in [0.2, 0.25) is 0 Å². The summed E-state index contributed by atoms with van der Waals surface area (Å²) in [5, 5.41) is 0. The first-order valence-corrected chi connectivity index (χ1v) is 14.4. The minimum absolute atomic E-state index is 0.00157. The Morgan fingerprint density at radius 3 is 2.36 bits per heavy atom. The Bertz CT molecular complexity index is 1160. The molecule has 2 atom stereocenters. The molecular weight excluding hydrogens is 486 g/mol. The van der Waals surface area contributed by atoms with Crippen molar-refractivity contribution in [2.75, 3.05) is 14.2 Å². The molecule has 1 fully saturated rings. The Kier molecular flexibility index (Phi) is 10.1. The van der Waals surface area contributed by atoms with Gasteiger partial charge in [0.05, 0.1) is 18.7 Å². The number of hydrogen-bond donors (Lipinski definition) is 1. The lowest BCUT2D eigenvalue weighted by molar-refractivity contribution is -0.131. The van der Waals surface area contributed by atoms with Crippen molar-refractivity contribution in [1.82, 2.24) is 4.90 Å². The second kappa shape index (κ2) is 12.9. The summed E-state index contributed by atoms with van der Waals surface area (Å²) in [4.78, 5) is 33.5. The largest absolute Gasteiger partial charge is 0.465 e. The number of amides is 1. The molecule has 39 heavy (non-hydrogen) atoms. The van der Waals surface area contributed by atoms with Crippen LogP contribution in [0.25, 0.3) is 0 Å². The molecule has 6 nitrogen and oxygen atoms in total. The minimum Gasteiger partial charge on any atom is -0.465 e. The summed E-state index contributed by atoms with van der Waals surface area (Å²) in [6, 6.07) is 15.7. The van der Waals surface area contributed by atoms with Crippen molar-refractivity contribution in [3.05, 3.63) is 70.8 Å². The van der Waals surface area contributed by atoms with Gasteiger partial charge in [-0.3, -0.25) is 9.79 Å². The quantitative estimate of drug-likeness (QED) is 0.332. The molecule has 212 valence electrons. The van der Waals surface area contributed by atoms with E-state index in [1.807, 2.05) is 23.1 Å². The number of rotatable bonds is 10. The molecule has 2 aromatic carbocycles. The number of esters is 1. The Balaban J connectivity index is 0.00000205. The van der Waals surface area contributed by atoms with Gasteiger partial charge in [-0.1, -0.05) is 64.4 Å². The molecule has 2 aliphatic rings. The van der Waals surface area contributed by atoms with Gasteiger partial charge in [0.25, 0.3) is 5.91 Å². The van der Waals surface area contributed by atoms with E-state index in [1.54, 1.807) is 12.1 Å². The number of nitrogens with two attached hydrogens (primary N) is 1. The topological polar surface area (TPSA) is 85.0 Å². The van der Waals surface area contributed by atoms with Crippen LogP contribution in [-0.2, 0) is 9.53 Å². The van der Waals surface area contributed by atoms with Crippen molar-refractivity contribution in [3.63, 3.8) is 0 Å². The maximum atomic E-state index is 14.2. The minimum atomic E-state index is -0.581. The summed E-state index contributed by atoms with van der Waals surface area (Å²) in [5.41, 5.74) is 8.47. The molecular formula is C33H47N3O3. The molecule has 0 aromatic heterocycles. The molecule has 1 amide bonds. The maximum absolute atomic E-state index is 14.2. The number of hydrogen-bond acceptors (Lipinski definition) is 5. The number of carbonyl (C=O) groups excluding carboxylic acids is 2. The van der Waals surface area contributed by atoms with E-state index >= 15 is 0 Å². The fourth-order valence-corrected chi connectivity index (χ4v) is 5.64. The molecule has 1 aliphatic carbocycles. The van der Waals surface area contributed by atoms with E-state index in [2.05, 4.69) is 58.6 Å². The van der Waals surface area contributed by atoms with Gasteiger partial charge in [0.15, 0.2) is 0 Å². The Morgan fingerprint density at radius 1 is 1.13 bits per heavy atom. The van der Waals surface area contributed by atoms with Crippen LogP contribution in [0, 0.1) is 5.41 Å². The highest BCUT2D eigenvalue weighted by Gasteiger charge is 2.48. The van der Waals surface area contributed by atoms with Crippen LogP contribution in [0.1, 0.15) is 119 Å². The molecule has 2 N–H and O–H groups in total. The summed E-state index contributed by atoms with van der Waals surface area (Å²) in [7, 11) is 2.88. The summed E-state index contributed by atoms with van der Waals surface area (Å²) in [6.07, 6.45) is 7.11. The number of nitrogens with zero attached hydrogens (tertiary/aromatic N) is 2. The standard InChI is InChI=1S/C32H42N2O3.CH5N/c1-7-18-32(20-9-19-31(3,4)5)33-28(27-11-8-10-26(21-27)24-14-15-24)29(35)34(32)22(2)23-12-16-25(17-13-23)30(36)37-6;1-2/h8,10-13,16-17,21-22,24H,7,9,14-15,18-20H2,1-6H3;2H2,1H3. The van der Waals surface area contributed by atoms with E-state index in [9.17, 15) is 9.59 Å². The van der Waals surface area contributed by atoms with Gasteiger partial charge >= 0.3 is 5.97 Å². The fraction of sp³-hybridized carbons (Fsp3) is 0.545. The lowest BCUT2D eigenvalue weighted by atomic mass is 9.86.